The van der Waals surface area contributed by atoms with E-state index in [1.165, 1.54) is 4.90 Å². The average molecular weight is 265 g/mol. The number of pyridine rings is 1. The number of hydrogen-bond donors (Lipinski definition) is 2. The fraction of sp³-hybridized carbons (Fsp3) is 0.538. The summed E-state index contributed by atoms with van der Waals surface area (Å²) in [6.07, 6.45) is 0.478. The molecule has 104 valence electrons. The molecule has 6 nitrogen and oxygen atoms in total. The molecule has 2 N–H and O–H groups in total. The fourth-order valence-corrected chi connectivity index (χ4v) is 2.24. The minimum Gasteiger partial charge on any atom is -0.465 e. The highest BCUT2D eigenvalue weighted by atomic mass is 16.4. The highest BCUT2D eigenvalue weighted by Gasteiger charge is 2.19. The van der Waals surface area contributed by atoms with Crippen molar-refractivity contribution in [3.63, 3.8) is 0 Å². The molecular weight excluding hydrogens is 246 g/mol. The quantitative estimate of drug-likeness (QED) is 0.836. The first-order chi connectivity index (χ1) is 9.11. The Morgan fingerprint density at radius 1 is 1.42 bits per heavy atom. The van der Waals surface area contributed by atoms with E-state index in [2.05, 4.69) is 4.98 Å². The molecule has 19 heavy (non-hydrogen) atoms. The van der Waals surface area contributed by atoms with Crippen molar-refractivity contribution in [2.45, 2.75) is 12.8 Å². The van der Waals surface area contributed by atoms with Crippen molar-refractivity contribution < 1.29 is 15.0 Å². The van der Waals surface area contributed by atoms with Gasteiger partial charge in [-0.25, -0.2) is 9.78 Å². The summed E-state index contributed by atoms with van der Waals surface area (Å²) >= 11 is 0. The van der Waals surface area contributed by atoms with Crippen molar-refractivity contribution in [3.8, 4) is 0 Å². The second-order valence-electron chi connectivity index (χ2n) is 4.69. The van der Waals surface area contributed by atoms with Crippen molar-refractivity contribution in [1.82, 2.24) is 9.88 Å². The number of rotatable bonds is 3. The van der Waals surface area contributed by atoms with Crippen molar-refractivity contribution in [2.24, 2.45) is 0 Å². The summed E-state index contributed by atoms with van der Waals surface area (Å²) in [4.78, 5) is 18.9. The van der Waals surface area contributed by atoms with Crippen LogP contribution in [0, 0.1) is 0 Å². The van der Waals surface area contributed by atoms with Crippen molar-refractivity contribution >= 4 is 11.9 Å². The number of anilines is 1. The second kappa shape index (κ2) is 5.88. The summed E-state index contributed by atoms with van der Waals surface area (Å²) in [5.41, 5.74) is 2.08. The Bertz CT molecular complexity index is 464. The van der Waals surface area contributed by atoms with Crippen LogP contribution in [-0.2, 0) is 12.8 Å². The first kappa shape index (κ1) is 13.6. The summed E-state index contributed by atoms with van der Waals surface area (Å²) in [7, 11) is 1.88. The van der Waals surface area contributed by atoms with Crippen LogP contribution in [0.4, 0.5) is 10.6 Å². The van der Waals surface area contributed by atoms with Crippen LogP contribution in [0.2, 0.25) is 0 Å². The van der Waals surface area contributed by atoms with Crippen molar-refractivity contribution in [2.75, 3.05) is 38.2 Å². The zero-order valence-electron chi connectivity index (χ0n) is 11.0. The predicted octanol–water partition coefficient (Wildman–Crippen LogP) is 0.589. The Kier molecular flexibility index (Phi) is 4.21. The standard InChI is InChI=1S/C13H19N3O3/c1-15(8-9-17)12-3-2-10-4-6-16(13(18)19)7-5-11(10)14-12/h2-3,17H,4-9H2,1H3,(H,18,19). The van der Waals surface area contributed by atoms with Crippen LogP contribution < -0.4 is 4.90 Å². The molecule has 0 aromatic carbocycles. The molecule has 0 atom stereocenters. The zero-order chi connectivity index (χ0) is 13.8. The number of carbonyl (C=O) groups is 1. The smallest absolute Gasteiger partial charge is 0.407 e. The van der Waals surface area contributed by atoms with Gasteiger partial charge in [0.1, 0.15) is 5.82 Å². The molecule has 0 unspecified atom stereocenters. The minimum absolute atomic E-state index is 0.0854. The number of aliphatic hydroxyl groups excluding tert-OH is 1. The number of carboxylic acid groups (broad SMARTS) is 1. The summed E-state index contributed by atoms with van der Waals surface area (Å²) in [6, 6.07) is 3.93. The lowest BCUT2D eigenvalue weighted by Crippen LogP contribution is -2.31. The third-order valence-corrected chi connectivity index (χ3v) is 3.42. The maximum Gasteiger partial charge on any atom is 0.407 e. The number of fused-ring (bicyclic) bond motifs is 1. The monoisotopic (exact) mass is 265 g/mol. The van der Waals surface area contributed by atoms with Gasteiger partial charge in [-0.1, -0.05) is 6.07 Å². The Labute approximate surface area is 112 Å². The third kappa shape index (κ3) is 3.14. The van der Waals surface area contributed by atoms with Gasteiger partial charge in [-0.2, -0.15) is 0 Å². The largest absolute Gasteiger partial charge is 0.465 e. The summed E-state index contributed by atoms with van der Waals surface area (Å²) in [6.45, 7) is 1.63. The van der Waals surface area contributed by atoms with Crippen LogP contribution in [0.25, 0.3) is 0 Å². The number of amides is 1. The lowest BCUT2D eigenvalue weighted by Gasteiger charge is -2.18. The Balaban J connectivity index is 2.16. The normalized spacial score (nSPS) is 14.7. The molecule has 1 aliphatic rings. The summed E-state index contributed by atoms with van der Waals surface area (Å²) in [5.74, 6) is 0.816. The van der Waals surface area contributed by atoms with Gasteiger partial charge in [0, 0.05) is 38.8 Å². The molecule has 1 aromatic rings. The van der Waals surface area contributed by atoms with E-state index in [-0.39, 0.29) is 6.61 Å². The number of likely N-dealkylation sites (N-methyl/N-ethyl adjacent to an activating group) is 1. The number of aliphatic hydroxyl groups is 1. The van der Waals surface area contributed by atoms with Gasteiger partial charge in [0.25, 0.3) is 0 Å². The summed E-state index contributed by atoms with van der Waals surface area (Å²) < 4.78 is 0. The first-order valence-electron chi connectivity index (χ1n) is 6.40. The van der Waals surface area contributed by atoms with Crippen LogP contribution >= 0.6 is 0 Å². The molecule has 0 radical (unpaired) electrons. The highest BCUT2D eigenvalue weighted by molar-refractivity contribution is 5.65. The predicted molar refractivity (Wildman–Crippen MR) is 71.6 cm³/mol. The van der Waals surface area contributed by atoms with E-state index in [0.717, 1.165) is 17.1 Å². The summed E-state index contributed by atoms with van der Waals surface area (Å²) in [5, 5.41) is 18.0. The van der Waals surface area contributed by atoms with Gasteiger partial charge in [-0.3, -0.25) is 0 Å². The van der Waals surface area contributed by atoms with E-state index in [4.69, 9.17) is 10.2 Å². The van der Waals surface area contributed by atoms with Gasteiger partial charge in [-0.15, -0.1) is 0 Å². The molecule has 2 heterocycles. The number of nitrogens with zero attached hydrogens (tertiary/aromatic N) is 3. The van der Waals surface area contributed by atoms with Gasteiger partial charge in [-0.05, 0) is 18.1 Å². The second-order valence-corrected chi connectivity index (χ2v) is 4.69. The molecular formula is C13H19N3O3. The highest BCUT2D eigenvalue weighted by Crippen LogP contribution is 2.18. The molecule has 0 aliphatic carbocycles. The number of hydrogen-bond acceptors (Lipinski definition) is 4. The maximum atomic E-state index is 11.0. The maximum absolute atomic E-state index is 11.0. The molecule has 0 spiro atoms. The minimum atomic E-state index is -0.870. The lowest BCUT2D eigenvalue weighted by molar-refractivity contribution is 0.147. The van der Waals surface area contributed by atoms with Gasteiger partial charge < -0.3 is 20.0 Å². The average Bonchev–Trinajstić information content (AvgIpc) is 2.60. The Morgan fingerprint density at radius 3 is 2.84 bits per heavy atom. The van der Waals surface area contributed by atoms with E-state index in [9.17, 15) is 4.79 Å². The van der Waals surface area contributed by atoms with Gasteiger partial charge in [0.05, 0.1) is 6.61 Å². The van der Waals surface area contributed by atoms with E-state index in [1.807, 2.05) is 24.1 Å². The van der Waals surface area contributed by atoms with E-state index < -0.39 is 6.09 Å². The van der Waals surface area contributed by atoms with Crippen LogP contribution in [-0.4, -0.2) is 59.5 Å². The molecule has 0 fully saturated rings. The zero-order valence-corrected chi connectivity index (χ0v) is 11.0. The van der Waals surface area contributed by atoms with Crippen LogP contribution in [0.5, 0.6) is 0 Å². The van der Waals surface area contributed by atoms with E-state index in [1.54, 1.807) is 0 Å². The SMILES string of the molecule is CN(CCO)c1ccc2c(n1)CCN(C(=O)O)CC2. The van der Waals surface area contributed by atoms with Gasteiger partial charge >= 0.3 is 6.09 Å². The van der Waals surface area contributed by atoms with Crippen molar-refractivity contribution in [3.05, 3.63) is 23.4 Å². The molecule has 0 saturated carbocycles. The fourth-order valence-electron chi connectivity index (χ4n) is 2.24. The molecule has 0 bridgehead atoms. The number of aromatic nitrogens is 1. The van der Waals surface area contributed by atoms with Crippen LogP contribution in [0.1, 0.15) is 11.3 Å². The van der Waals surface area contributed by atoms with E-state index >= 15 is 0 Å². The molecule has 2 rings (SSSR count). The van der Waals surface area contributed by atoms with Crippen molar-refractivity contribution in [1.29, 1.82) is 0 Å². The van der Waals surface area contributed by atoms with E-state index in [0.29, 0.717) is 32.5 Å². The Hall–Kier alpha value is -1.82. The van der Waals surface area contributed by atoms with Gasteiger partial charge in [0.2, 0.25) is 0 Å². The first-order valence-corrected chi connectivity index (χ1v) is 6.40. The molecule has 1 aliphatic heterocycles. The topological polar surface area (TPSA) is 76.9 Å². The lowest BCUT2D eigenvalue weighted by atomic mass is 10.1. The third-order valence-electron chi connectivity index (χ3n) is 3.42. The molecule has 6 heteroatoms. The molecule has 1 amide bonds. The molecule has 0 saturated heterocycles. The van der Waals surface area contributed by atoms with Crippen LogP contribution in [0.3, 0.4) is 0 Å². The van der Waals surface area contributed by atoms with Crippen LogP contribution in [0.15, 0.2) is 12.1 Å². The van der Waals surface area contributed by atoms with Gasteiger partial charge in [0.15, 0.2) is 0 Å². The Morgan fingerprint density at radius 2 is 2.16 bits per heavy atom. The molecule has 1 aromatic heterocycles.